The molecule has 0 spiro atoms. The molecule has 0 aromatic rings. The number of aliphatic carboxylic acids is 1. The molecule has 1 aliphatic heterocycles. The Morgan fingerprint density at radius 3 is 2.85 bits per heavy atom. The normalized spacial score (nSPS) is 33.0. The first-order valence-corrected chi connectivity index (χ1v) is 8.14. The Kier molecular flexibility index (Phi) is 5.15. The maximum atomic E-state index is 12.1. The minimum atomic E-state index is -1.27. The Bertz CT molecular complexity index is 371. The third-order valence-electron chi connectivity index (χ3n) is 3.93. The molecule has 3 N–H and O–H groups in total. The van der Waals surface area contributed by atoms with E-state index >= 15 is 0 Å². The van der Waals surface area contributed by atoms with Gasteiger partial charge in [-0.3, -0.25) is 0 Å². The summed E-state index contributed by atoms with van der Waals surface area (Å²) in [6, 6.07) is -0.264. The molecule has 0 aromatic heterocycles. The van der Waals surface area contributed by atoms with Crippen LogP contribution in [0.3, 0.4) is 0 Å². The zero-order valence-corrected chi connectivity index (χ0v) is 12.5. The molecule has 20 heavy (non-hydrogen) atoms. The average Bonchev–Trinajstić information content (AvgIpc) is 3.01. The molecule has 2 rings (SSSR count). The van der Waals surface area contributed by atoms with Crippen LogP contribution < -0.4 is 10.6 Å². The molecule has 1 saturated heterocycles. The fourth-order valence-electron chi connectivity index (χ4n) is 2.81. The number of hydrogen-bond acceptors (Lipinski definition) is 4. The summed E-state index contributed by atoms with van der Waals surface area (Å²) in [6.45, 7) is 2.51. The lowest BCUT2D eigenvalue weighted by atomic mass is 9.99. The summed E-state index contributed by atoms with van der Waals surface area (Å²) in [5.41, 5.74) is -1.27. The third-order valence-corrected chi connectivity index (χ3v) is 5.26. The lowest BCUT2D eigenvalue weighted by molar-refractivity contribution is -0.144. The van der Waals surface area contributed by atoms with Crippen LogP contribution in [-0.2, 0) is 9.53 Å². The Hall–Kier alpha value is -0.950. The number of urea groups is 1. The van der Waals surface area contributed by atoms with E-state index in [1.165, 1.54) is 0 Å². The number of carboxylic acids is 1. The number of carbonyl (C=O) groups excluding carboxylic acids is 1. The number of rotatable bonds is 5. The molecule has 0 aromatic carbocycles. The number of carbonyl (C=O) groups is 2. The SMILES string of the molecule is CCSC1CCCC1NC(=O)NC1(C(=O)O)CCOC1. The number of ether oxygens (including phenoxy) is 1. The highest BCUT2D eigenvalue weighted by atomic mass is 32.2. The van der Waals surface area contributed by atoms with Crippen molar-refractivity contribution in [2.24, 2.45) is 0 Å². The summed E-state index contributed by atoms with van der Waals surface area (Å²) in [4.78, 5) is 23.4. The van der Waals surface area contributed by atoms with Crippen molar-refractivity contribution in [3.63, 3.8) is 0 Å². The lowest BCUT2D eigenvalue weighted by Gasteiger charge is -2.26. The smallest absolute Gasteiger partial charge is 0.332 e. The van der Waals surface area contributed by atoms with Gasteiger partial charge in [-0.15, -0.1) is 0 Å². The van der Waals surface area contributed by atoms with Crippen LogP contribution in [0.5, 0.6) is 0 Å². The highest BCUT2D eigenvalue weighted by Crippen LogP contribution is 2.30. The second-order valence-electron chi connectivity index (χ2n) is 5.32. The van der Waals surface area contributed by atoms with E-state index in [0.717, 1.165) is 25.0 Å². The monoisotopic (exact) mass is 302 g/mol. The van der Waals surface area contributed by atoms with E-state index < -0.39 is 17.5 Å². The summed E-state index contributed by atoms with van der Waals surface area (Å²) in [5.74, 6) is -0.00626. The maximum Gasteiger partial charge on any atom is 0.332 e. The predicted octanol–water partition coefficient (Wildman–Crippen LogP) is 1.20. The molecule has 2 aliphatic rings. The maximum absolute atomic E-state index is 12.1. The largest absolute Gasteiger partial charge is 0.479 e. The van der Waals surface area contributed by atoms with Gasteiger partial charge in [0.15, 0.2) is 5.54 Å². The summed E-state index contributed by atoms with van der Waals surface area (Å²) in [6.07, 6.45) is 3.49. The molecule has 2 fully saturated rings. The first-order chi connectivity index (χ1) is 9.57. The highest BCUT2D eigenvalue weighted by Gasteiger charge is 2.44. The van der Waals surface area contributed by atoms with E-state index in [4.69, 9.17) is 4.74 Å². The van der Waals surface area contributed by atoms with Crippen LogP contribution in [-0.4, -0.2) is 52.9 Å². The van der Waals surface area contributed by atoms with Crippen molar-refractivity contribution < 1.29 is 19.4 Å². The summed E-state index contributed by atoms with van der Waals surface area (Å²) in [5, 5.41) is 15.2. The van der Waals surface area contributed by atoms with Crippen molar-refractivity contribution in [1.29, 1.82) is 0 Å². The molecule has 0 bridgehead atoms. The molecule has 0 radical (unpaired) electrons. The number of carboxylic acid groups (broad SMARTS) is 1. The van der Waals surface area contributed by atoms with Gasteiger partial charge in [0.1, 0.15) is 0 Å². The molecule has 1 aliphatic carbocycles. The van der Waals surface area contributed by atoms with E-state index in [1.807, 2.05) is 11.8 Å². The standard InChI is InChI=1S/C13H22N2O4S/c1-2-20-10-5-3-4-9(10)14-12(18)15-13(11(16)17)6-7-19-8-13/h9-10H,2-8H2,1H3,(H,16,17)(H2,14,15,18). The van der Waals surface area contributed by atoms with Crippen LogP contribution in [0.4, 0.5) is 4.79 Å². The Balaban J connectivity index is 1.90. The van der Waals surface area contributed by atoms with Gasteiger partial charge in [0.25, 0.3) is 0 Å². The van der Waals surface area contributed by atoms with Gasteiger partial charge in [0, 0.05) is 24.3 Å². The lowest BCUT2D eigenvalue weighted by Crippen LogP contribution is -2.59. The Morgan fingerprint density at radius 1 is 1.45 bits per heavy atom. The van der Waals surface area contributed by atoms with E-state index in [2.05, 4.69) is 17.6 Å². The predicted molar refractivity (Wildman–Crippen MR) is 77.0 cm³/mol. The second kappa shape index (κ2) is 6.67. The van der Waals surface area contributed by atoms with Crippen molar-refractivity contribution in [3.8, 4) is 0 Å². The topological polar surface area (TPSA) is 87.7 Å². The van der Waals surface area contributed by atoms with Gasteiger partial charge in [-0.1, -0.05) is 13.3 Å². The van der Waals surface area contributed by atoms with Crippen molar-refractivity contribution in [3.05, 3.63) is 0 Å². The zero-order chi connectivity index (χ0) is 14.6. The summed E-state index contributed by atoms with van der Waals surface area (Å²) < 4.78 is 5.12. The average molecular weight is 302 g/mol. The Morgan fingerprint density at radius 2 is 2.25 bits per heavy atom. The molecule has 2 amide bonds. The zero-order valence-electron chi connectivity index (χ0n) is 11.7. The molecule has 3 atom stereocenters. The molecule has 7 heteroatoms. The third kappa shape index (κ3) is 3.38. The van der Waals surface area contributed by atoms with Gasteiger partial charge >= 0.3 is 12.0 Å². The molecule has 6 nitrogen and oxygen atoms in total. The minimum Gasteiger partial charge on any atom is -0.479 e. The van der Waals surface area contributed by atoms with E-state index in [-0.39, 0.29) is 12.6 Å². The molecular formula is C13H22N2O4S. The highest BCUT2D eigenvalue weighted by molar-refractivity contribution is 7.99. The van der Waals surface area contributed by atoms with Crippen LogP contribution >= 0.6 is 11.8 Å². The fourth-order valence-corrected chi connectivity index (χ4v) is 4.01. The van der Waals surface area contributed by atoms with Gasteiger partial charge in [-0.25, -0.2) is 9.59 Å². The first kappa shape index (κ1) is 15.4. The number of thioether (sulfide) groups is 1. The van der Waals surface area contributed by atoms with Crippen molar-refractivity contribution in [2.75, 3.05) is 19.0 Å². The van der Waals surface area contributed by atoms with Crippen LogP contribution in [0, 0.1) is 0 Å². The van der Waals surface area contributed by atoms with Gasteiger partial charge in [-0.05, 0) is 18.6 Å². The van der Waals surface area contributed by atoms with Crippen LogP contribution in [0.15, 0.2) is 0 Å². The van der Waals surface area contributed by atoms with Crippen LogP contribution in [0.25, 0.3) is 0 Å². The molecule has 1 heterocycles. The molecule has 1 saturated carbocycles. The second-order valence-corrected chi connectivity index (χ2v) is 6.84. The first-order valence-electron chi connectivity index (χ1n) is 7.09. The van der Waals surface area contributed by atoms with Gasteiger partial charge in [0.2, 0.25) is 0 Å². The van der Waals surface area contributed by atoms with E-state index in [1.54, 1.807) is 0 Å². The van der Waals surface area contributed by atoms with Gasteiger partial charge < -0.3 is 20.5 Å². The van der Waals surface area contributed by atoms with Crippen LogP contribution in [0.1, 0.15) is 32.6 Å². The number of hydrogen-bond donors (Lipinski definition) is 3. The van der Waals surface area contributed by atoms with Crippen molar-refractivity contribution in [2.45, 2.75) is 49.4 Å². The van der Waals surface area contributed by atoms with Crippen molar-refractivity contribution >= 4 is 23.8 Å². The number of nitrogens with one attached hydrogen (secondary N) is 2. The van der Waals surface area contributed by atoms with Crippen LogP contribution in [0.2, 0.25) is 0 Å². The fraction of sp³-hybridized carbons (Fsp3) is 0.846. The Labute approximate surface area is 123 Å². The van der Waals surface area contributed by atoms with Gasteiger partial charge in [0.05, 0.1) is 6.61 Å². The molecular weight excluding hydrogens is 280 g/mol. The van der Waals surface area contributed by atoms with E-state index in [9.17, 15) is 14.7 Å². The summed E-state index contributed by atoms with van der Waals surface area (Å²) >= 11 is 1.85. The minimum absolute atomic E-state index is 0.0353. The molecule has 114 valence electrons. The quantitative estimate of drug-likeness (QED) is 0.710. The number of amides is 2. The summed E-state index contributed by atoms with van der Waals surface area (Å²) in [7, 11) is 0. The van der Waals surface area contributed by atoms with Gasteiger partial charge in [-0.2, -0.15) is 11.8 Å². The van der Waals surface area contributed by atoms with Crippen molar-refractivity contribution in [1.82, 2.24) is 10.6 Å². The molecule has 3 unspecified atom stereocenters. The van der Waals surface area contributed by atoms with E-state index in [0.29, 0.717) is 18.3 Å².